The molecule has 0 radical (unpaired) electrons. The summed E-state index contributed by atoms with van der Waals surface area (Å²) in [6.07, 6.45) is 10.5. The van der Waals surface area contributed by atoms with Gasteiger partial charge in [0.25, 0.3) is 0 Å². The van der Waals surface area contributed by atoms with E-state index in [0.29, 0.717) is 0 Å². The predicted molar refractivity (Wildman–Crippen MR) is 64.2 cm³/mol. The monoisotopic (exact) mass is 204 g/mol. The molecule has 0 saturated carbocycles. The molecule has 0 saturated heterocycles. The van der Waals surface area contributed by atoms with E-state index in [-0.39, 0.29) is 0 Å². The third kappa shape index (κ3) is 10.4. The van der Waals surface area contributed by atoms with Gasteiger partial charge in [0, 0.05) is 4.20 Å². The lowest BCUT2D eigenvalue weighted by Gasteiger charge is -1.99. The highest BCUT2D eigenvalue weighted by atomic mass is 32.1. The third-order valence-electron chi connectivity index (χ3n) is 1.99. The highest BCUT2D eigenvalue weighted by molar-refractivity contribution is 8.11. The molecule has 0 fully saturated rings. The molecule has 0 heterocycles. The van der Waals surface area contributed by atoms with Crippen LogP contribution in [0.4, 0.5) is 0 Å². The Morgan fingerprint density at radius 2 is 1.50 bits per heavy atom. The van der Waals surface area contributed by atoms with Gasteiger partial charge in [-0.15, -0.1) is 12.6 Å². The highest BCUT2D eigenvalue weighted by Crippen LogP contribution is 2.09. The van der Waals surface area contributed by atoms with Crippen molar-refractivity contribution in [2.24, 2.45) is 0 Å². The van der Waals surface area contributed by atoms with Crippen molar-refractivity contribution in [3.63, 3.8) is 0 Å². The summed E-state index contributed by atoms with van der Waals surface area (Å²) in [5.74, 6) is 0. The number of rotatable bonds is 8. The molecule has 0 aromatic carbocycles. The number of hydrogen-bond acceptors (Lipinski definition) is 1. The van der Waals surface area contributed by atoms with Crippen molar-refractivity contribution in [2.45, 2.75) is 58.3 Å². The highest BCUT2D eigenvalue weighted by Gasteiger charge is 1.91. The third-order valence-corrected chi connectivity index (χ3v) is 2.42. The minimum Gasteiger partial charge on any atom is -0.136 e. The van der Waals surface area contributed by atoms with Crippen molar-refractivity contribution >= 4 is 29.0 Å². The van der Waals surface area contributed by atoms with Crippen LogP contribution in [0.1, 0.15) is 58.3 Å². The fraction of sp³-hybridized carbons (Fsp3) is 0.900. The van der Waals surface area contributed by atoms with Gasteiger partial charge in [-0.05, 0) is 12.8 Å². The summed E-state index contributed by atoms with van der Waals surface area (Å²) in [7, 11) is 0. The van der Waals surface area contributed by atoms with E-state index >= 15 is 0 Å². The second kappa shape index (κ2) is 9.53. The van der Waals surface area contributed by atoms with E-state index in [1.165, 1.54) is 44.9 Å². The van der Waals surface area contributed by atoms with Gasteiger partial charge in [-0.1, -0.05) is 57.7 Å². The van der Waals surface area contributed by atoms with Gasteiger partial charge in [0.1, 0.15) is 0 Å². The van der Waals surface area contributed by atoms with E-state index in [4.69, 9.17) is 12.2 Å². The quantitative estimate of drug-likeness (QED) is 0.348. The number of thiocarbonyl (C=S) groups is 1. The summed E-state index contributed by atoms with van der Waals surface area (Å²) in [6.45, 7) is 2.25. The SMILES string of the molecule is CCCCCCCCCC(=S)S. The van der Waals surface area contributed by atoms with Crippen molar-refractivity contribution in [3.8, 4) is 0 Å². The topological polar surface area (TPSA) is 0 Å². The second-order valence-electron chi connectivity index (χ2n) is 3.27. The molecule has 0 amide bonds. The first-order valence-corrected chi connectivity index (χ1v) is 5.84. The largest absolute Gasteiger partial charge is 0.136 e. The van der Waals surface area contributed by atoms with Crippen LogP contribution >= 0.6 is 24.8 Å². The first kappa shape index (κ1) is 12.4. The summed E-state index contributed by atoms with van der Waals surface area (Å²) >= 11 is 8.97. The molecule has 0 aliphatic rings. The lowest BCUT2D eigenvalue weighted by atomic mass is 10.1. The first-order chi connectivity index (χ1) is 5.77. The smallest absolute Gasteiger partial charge is 0.0448 e. The fourth-order valence-corrected chi connectivity index (χ4v) is 1.54. The Morgan fingerprint density at radius 1 is 1.00 bits per heavy atom. The van der Waals surface area contributed by atoms with Crippen molar-refractivity contribution in [3.05, 3.63) is 0 Å². The van der Waals surface area contributed by atoms with Crippen LogP contribution in [0.5, 0.6) is 0 Å². The van der Waals surface area contributed by atoms with Gasteiger partial charge in [0.15, 0.2) is 0 Å². The average molecular weight is 204 g/mol. The Balaban J connectivity index is 2.86. The van der Waals surface area contributed by atoms with Crippen LogP contribution in [-0.4, -0.2) is 4.20 Å². The zero-order valence-corrected chi connectivity index (χ0v) is 9.72. The molecular weight excluding hydrogens is 184 g/mol. The van der Waals surface area contributed by atoms with Crippen LogP contribution < -0.4 is 0 Å². The average Bonchev–Trinajstić information content (AvgIpc) is 2.02. The molecule has 0 aliphatic carbocycles. The summed E-state index contributed by atoms with van der Waals surface area (Å²) < 4.78 is 0.864. The Hall–Kier alpha value is 0.440. The van der Waals surface area contributed by atoms with Gasteiger partial charge in [0.2, 0.25) is 0 Å². The van der Waals surface area contributed by atoms with Crippen LogP contribution in [0.25, 0.3) is 0 Å². The van der Waals surface area contributed by atoms with Crippen molar-refractivity contribution < 1.29 is 0 Å². The van der Waals surface area contributed by atoms with Crippen molar-refractivity contribution in [1.29, 1.82) is 0 Å². The molecule has 0 atom stereocenters. The Labute approximate surface area is 87.5 Å². The lowest BCUT2D eigenvalue weighted by molar-refractivity contribution is 0.596. The predicted octanol–water partition coefficient (Wildman–Crippen LogP) is 4.38. The molecule has 0 aliphatic heterocycles. The van der Waals surface area contributed by atoms with Crippen LogP contribution in [0, 0.1) is 0 Å². The minimum absolute atomic E-state index is 0.864. The molecule has 0 N–H and O–H groups in total. The molecule has 12 heavy (non-hydrogen) atoms. The summed E-state index contributed by atoms with van der Waals surface area (Å²) in [6, 6.07) is 0. The normalized spacial score (nSPS) is 10.2. The van der Waals surface area contributed by atoms with Crippen LogP contribution in [-0.2, 0) is 0 Å². The van der Waals surface area contributed by atoms with Gasteiger partial charge in [-0.3, -0.25) is 0 Å². The molecule has 0 aromatic rings. The lowest BCUT2D eigenvalue weighted by Crippen LogP contribution is -1.84. The molecule has 0 spiro atoms. The van der Waals surface area contributed by atoms with E-state index in [2.05, 4.69) is 19.6 Å². The summed E-state index contributed by atoms with van der Waals surface area (Å²) in [4.78, 5) is 0. The maximum atomic E-state index is 4.88. The van der Waals surface area contributed by atoms with Crippen molar-refractivity contribution in [1.82, 2.24) is 0 Å². The molecule has 0 rings (SSSR count). The van der Waals surface area contributed by atoms with E-state index in [0.717, 1.165) is 10.6 Å². The molecular formula is C10H20S2. The molecule has 0 aromatic heterocycles. The van der Waals surface area contributed by atoms with Gasteiger partial charge in [-0.2, -0.15) is 0 Å². The zero-order chi connectivity index (χ0) is 9.23. The maximum Gasteiger partial charge on any atom is 0.0448 e. The van der Waals surface area contributed by atoms with Crippen LogP contribution in [0.3, 0.4) is 0 Å². The Bertz CT molecular complexity index is 110. The van der Waals surface area contributed by atoms with E-state index in [1.807, 2.05) is 0 Å². The first-order valence-electron chi connectivity index (χ1n) is 4.99. The van der Waals surface area contributed by atoms with Gasteiger partial charge in [-0.25, -0.2) is 0 Å². The molecule has 0 nitrogen and oxygen atoms in total. The standard InChI is InChI=1S/C10H20S2/c1-2-3-4-5-6-7-8-9-10(11)12/h2-9H2,1H3,(H,11,12). The summed E-state index contributed by atoms with van der Waals surface area (Å²) in [5, 5.41) is 0. The zero-order valence-electron chi connectivity index (χ0n) is 8.01. The summed E-state index contributed by atoms with van der Waals surface area (Å²) in [5.41, 5.74) is 0. The fourth-order valence-electron chi connectivity index (χ4n) is 1.23. The van der Waals surface area contributed by atoms with Crippen LogP contribution in [0.15, 0.2) is 0 Å². The van der Waals surface area contributed by atoms with Crippen LogP contribution in [0.2, 0.25) is 0 Å². The number of thiol groups is 1. The second-order valence-corrected chi connectivity index (χ2v) is 4.60. The number of unbranched alkanes of at least 4 members (excludes halogenated alkanes) is 6. The molecule has 72 valence electrons. The van der Waals surface area contributed by atoms with E-state index in [1.54, 1.807) is 0 Å². The Morgan fingerprint density at radius 3 is 2.00 bits per heavy atom. The Kier molecular flexibility index (Phi) is 9.88. The molecule has 0 bridgehead atoms. The maximum absolute atomic E-state index is 4.88. The van der Waals surface area contributed by atoms with E-state index < -0.39 is 0 Å². The van der Waals surface area contributed by atoms with Gasteiger partial charge < -0.3 is 0 Å². The number of hydrogen-bond donors (Lipinski definition) is 1. The molecule has 0 unspecified atom stereocenters. The molecule has 2 heteroatoms. The van der Waals surface area contributed by atoms with Crippen molar-refractivity contribution in [2.75, 3.05) is 0 Å². The van der Waals surface area contributed by atoms with Gasteiger partial charge >= 0.3 is 0 Å². The minimum atomic E-state index is 0.864. The van der Waals surface area contributed by atoms with Gasteiger partial charge in [0.05, 0.1) is 0 Å². The van der Waals surface area contributed by atoms with E-state index in [9.17, 15) is 0 Å².